The molecule has 25 heavy (non-hydrogen) atoms. The average molecular weight is 395 g/mol. The number of aromatic nitrogens is 1. The summed E-state index contributed by atoms with van der Waals surface area (Å²) in [6.45, 7) is 6.50. The van der Waals surface area contributed by atoms with E-state index in [1.807, 2.05) is 25.1 Å². The quantitative estimate of drug-likeness (QED) is 0.578. The van der Waals surface area contributed by atoms with Gasteiger partial charge >= 0.3 is 5.97 Å². The van der Waals surface area contributed by atoms with Gasteiger partial charge in [-0.15, -0.1) is 23.1 Å². The van der Waals surface area contributed by atoms with Crippen molar-refractivity contribution in [3.8, 4) is 5.75 Å². The molecule has 2 aromatic rings. The number of hydrogen-bond donors (Lipinski definition) is 0. The number of thioether (sulfide) groups is 2. The molecule has 1 fully saturated rings. The lowest BCUT2D eigenvalue weighted by Crippen LogP contribution is -2.35. The molecule has 2 aliphatic heterocycles. The van der Waals surface area contributed by atoms with Crippen LogP contribution in [0.15, 0.2) is 23.2 Å². The predicted molar refractivity (Wildman–Crippen MR) is 105 cm³/mol. The number of carbonyl (C=O) groups excluding carboxylic acids is 1. The Morgan fingerprint density at radius 2 is 2.16 bits per heavy atom. The average Bonchev–Trinajstić information content (AvgIpc) is 3.06. The van der Waals surface area contributed by atoms with Gasteiger partial charge in [-0.1, -0.05) is 11.8 Å². The highest BCUT2D eigenvalue weighted by Gasteiger charge is 2.72. The first-order chi connectivity index (χ1) is 11.9. The van der Waals surface area contributed by atoms with Gasteiger partial charge in [-0.2, -0.15) is 0 Å². The fraction of sp³-hybridized carbons (Fsp3) is 0.471. The van der Waals surface area contributed by atoms with Crippen molar-refractivity contribution >= 4 is 56.1 Å². The van der Waals surface area contributed by atoms with Crippen molar-refractivity contribution in [2.45, 2.75) is 35.6 Å². The number of thiazole rings is 1. The Balaban J connectivity index is 1.68. The van der Waals surface area contributed by atoms with E-state index in [0.717, 1.165) is 26.0 Å². The zero-order valence-corrected chi connectivity index (χ0v) is 16.8. The van der Waals surface area contributed by atoms with Gasteiger partial charge in [0.1, 0.15) is 25.9 Å². The van der Waals surface area contributed by atoms with Crippen LogP contribution in [-0.4, -0.2) is 44.6 Å². The number of ether oxygens (including phenoxy) is 2. The Labute approximate surface area is 158 Å². The summed E-state index contributed by atoms with van der Waals surface area (Å²) in [5, 5.41) is 1.58. The molecule has 2 atom stereocenters. The molecule has 4 rings (SSSR count). The predicted octanol–water partition coefficient (Wildman–Crippen LogP) is 3.95. The van der Waals surface area contributed by atoms with Gasteiger partial charge in [0.15, 0.2) is 0 Å². The van der Waals surface area contributed by atoms with E-state index in [-0.39, 0.29) is 16.0 Å². The molecule has 0 amide bonds. The molecule has 0 saturated carbocycles. The molecule has 0 bridgehead atoms. The first-order valence-corrected chi connectivity index (χ1v) is 10.5. The molecule has 1 spiro atoms. The van der Waals surface area contributed by atoms with Gasteiger partial charge in [0, 0.05) is 0 Å². The summed E-state index contributed by atoms with van der Waals surface area (Å²) in [5.41, 5.74) is 0.938. The van der Waals surface area contributed by atoms with Crippen LogP contribution in [0.4, 0.5) is 0 Å². The molecule has 8 heteroatoms. The monoisotopic (exact) mass is 394 g/mol. The minimum atomic E-state index is -0.436. The van der Waals surface area contributed by atoms with Gasteiger partial charge in [-0.25, -0.2) is 4.98 Å². The lowest BCUT2D eigenvalue weighted by Gasteiger charge is -2.22. The number of esters is 1. The number of methoxy groups -OCH3 is 1. The second-order valence-electron chi connectivity index (χ2n) is 6.33. The molecule has 132 valence electrons. The van der Waals surface area contributed by atoms with Gasteiger partial charge in [-0.3, -0.25) is 9.79 Å². The van der Waals surface area contributed by atoms with Crippen LogP contribution in [0.5, 0.6) is 5.75 Å². The molecular weight excluding hydrogens is 376 g/mol. The summed E-state index contributed by atoms with van der Waals surface area (Å²) in [6.07, 6.45) is 0. The number of carbonyl (C=O) groups is 1. The molecular formula is C17H18N2O3S3. The van der Waals surface area contributed by atoms with Crippen LogP contribution in [0.1, 0.15) is 25.8 Å². The zero-order chi connectivity index (χ0) is 17.8. The number of nitrogens with zero attached hydrogens (tertiary/aromatic N) is 2. The number of hydrogen-bond acceptors (Lipinski definition) is 8. The van der Waals surface area contributed by atoms with Crippen molar-refractivity contribution in [3.63, 3.8) is 0 Å². The third-order valence-electron chi connectivity index (χ3n) is 4.36. The second kappa shape index (κ2) is 5.89. The Bertz CT molecular complexity index is 892. The molecule has 2 aliphatic rings. The molecule has 1 aromatic carbocycles. The Kier molecular flexibility index (Phi) is 4.05. The molecule has 2 unspecified atom stereocenters. The van der Waals surface area contributed by atoms with Crippen LogP contribution in [0.3, 0.4) is 0 Å². The van der Waals surface area contributed by atoms with E-state index >= 15 is 0 Å². The van der Waals surface area contributed by atoms with Crippen LogP contribution in [0.25, 0.3) is 10.2 Å². The smallest absolute Gasteiger partial charge is 0.322 e. The molecule has 1 saturated heterocycles. The van der Waals surface area contributed by atoms with E-state index in [1.165, 1.54) is 0 Å². The van der Waals surface area contributed by atoms with E-state index in [9.17, 15) is 4.79 Å². The van der Waals surface area contributed by atoms with Crippen LogP contribution in [-0.2, 0) is 9.53 Å². The van der Waals surface area contributed by atoms with Gasteiger partial charge in [-0.05, 0) is 39.0 Å². The minimum Gasteiger partial charge on any atom is -0.497 e. The summed E-state index contributed by atoms with van der Waals surface area (Å²) < 4.78 is 11.4. The van der Waals surface area contributed by atoms with Crippen LogP contribution in [0, 0.1) is 0 Å². The maximum Gasteiger partial charge on any atom is 0.322 e. The lowest BCUT2D eigenvalue weighted by atomic mass is 10.0. The number of aliphatic imine (C=N–C) groups is 1. The van der Waals surface area contributed by atoms with Crippen LogP contribution < -0.4 is 4.74 Å². The lowest BCUT2D eigenvalue weighted by molar-refractivity contribution is -0.142. The normalized spacial score (nSPS) is 26.7. The summed E-state index contributed by atoms with van der Waals surface area (Å²) in [5.74, 6) is 0.654. The standard InChI is InChI=1S/C17H18N2O3S3/c1-5-22-15(20)12-17(24-12)16(2,3)25-14(19-17)13-18-10-7-6-9(21-4)8-11(10)23-13/h6-8,12H,5H2,1-4H3. The minimum absolute atomic E-state index is 0.166. The topological polar surface area (TPSA) is 60.8 Å². The maximum atomic E-state index is 12.2. The number of rotatable bonds is 4. The summed E-state index contributed by atoms with van der Waals surface area (Å²) >= 11 is 4.88. The van der Waals surface area contributed by atoms with Gasteiger partial charge in [0.05, 0.1) is 28.7 Å². The summed E-state index contributed by atoms with van der Waals surface area (Å²) in [6, 6.07) is 5.86. The van der Waals surface area contributed by atoms with E-state index in [4.69, 9.17) is 19.5 Å². The maximum absolute atomic E-state index is 12.2. The molecule has 0 N–H and O–H groups in total. The highest BCUT2D eigenvalue weighted by molar-refractivity contribution is 8.19. The Hall–Kier alpha value is -1.25. The molecule has 5 nitrogen and oxygen atoms in total. The first-order valence-electron chi connectivity index (χ1n) is 7.98. The molecule has 1 aromatic heterocycles. The summed E-state index contributed by atoms with van der Waals surface area (Å²) in [4.78, 5) is 21.4. The van der Waals surface area contributed by atoms with Crippen molar-refractivity contribution < 1.29 is 14.3 Å². The van der Waals surface area contributed by atoms with Gasteiger partial charge < -0.3 is 9.47 Å². The SMILES string of the molecule is CCOC(=O)C1SC12N=C(c1nc3ccc(OC)cc3s1)SC2(C)C. The van der Waals surface area contributed by atoms with Crippen LogP contribution >= 0.6 is 34.9 Å². The van der Waals surface area contributed by atoms with Crippen molar-refractivity contribution in [1.29, 1.82) is 0 Å². The van der Waals surface area contributed by atoms with Crippen molar-refractivity contribution in [3.05, 3.63) is 23.2 Å². The van der Waals surface area contributed by atoms with Gasteiger partial charge in [0.2, 0.25) is 0 Å². The molecule has 0 aliphatic carbocycles. The number of fused-ring (bicyclic) bond motifs is 1. The summed E-state index contributed by atoms with van der Waals surface area (Å²) in [7, 11) is 1.66. The first kappa shape index (κ1) is 17.2. The second-order valence-corrected chi connectivity index (χ2v) is 10.3. The molecule has 0 radical (unpaired) electrons. The van der Waals surface area contributed by atoms with Crippen LogP contribution in [0.2, 0.25) is 0 Å². The third kappa shape index (κ3) is 2.65. The number of benzene rings is 1. The largest absolute Gasteiger partial charge is 0.497 e. The van der Waals surface area contributed by atoms with E-state index in [0.29, 0.717) is 6.61 Å². The third-order valence-corrected chi connectivity index (χ3v) is 8.65. The van der Waals surface area contributed by atoms with E-state index in [2.05, 4.69) is 13.8 Å². The zero-order valence-electron chi connectivity index (χ0n) is 14.4. The fourth-order valence-electron chi connectivity index (χ4n) is 2.95. The Morgan fingerprint density at radius 1 is 1.36 bits per heavy atom. The highest BCUT2D eigenvalue weighted by atomic mass is 32.2. The fourth-order valence-corrected chi connectivity index (χ4v) is 6.92. The van der Waals surface area contributed by atoms with E-state index in [1.54, 1.807) is 42.0 Å². The van der Waals surface area contributed by atoms with Gasteiger partial charge in [0.25, 0.3) is 0 Å². The molecule has 3 heterocycles. The Morgan fingerprint density at radius 3 is 2.88 bits per heavy atom. The van der Waals surface area contributed by atoms with Crippen molar-refractivity contribution in [2.75, 3.05) is 13.7 Å². The van der Waals surface area contributed by atoms with Crippen molar-refractivity contribution in [2.24, 2.45) is 4.99 Å². The van der Waals surface area contributed by atoms with E-state index < -0.39 is 4.87 Å². The van der Waals surface area contributed by atoms with Crippen molar-refractivity contribution in [1.82, 2.24) is 4.98 Å². The highest BCUT2D eigenvalue weighted by Crippen LogP contribution is 2.68.